The first kappa shape index (κ1) is 22.1. The van der Waals surface area contributed by atoms with Crippen LogP contribution in [-0.4, -0.2) is 69.8 Å². The van der Waals surface area contributed by atoms with E-state index in [4.69, 9.17) is 9.47 Å². The number of hydrogen-bond acceptors (Lipinski definition) is 4. The maximum absolute atomic E-state index is 13.9. The van der Waals surface area contributed by atoms with Crippen molar-refractivity contribution in [2.75, 3.05) is 54.1 Å². The summed E-state index contributed by atoms with van der Waals surface area (Å²) in [5, 5.41) is 3.47. The lowest BCUT2D eigenvalue weighted by molar-refractivity contribution is 0.0168. The number of aliphatic imine (C=N–C) groups is 1. The van der Waals surface area contributed by atoms with Gasteiger partial charge in [-0.05, 0) is 35.4 Å². The Hall–Kier alpha value is -2.64. The average Bonchev–Trinajstić information content (AvgIpc) is 2.78. The Morgan fingerprint density at radius 1 is 1.23 bits per heavy atom. The molecule has 1 aliphatic heterocycles. The summed E-state index contributed by atoms with van der Waals surface area (Å²) in [6.45, 7) is 4.37. The molecule has 1 heterocycles. The van der Waals surface area contributed by atoms with Crippen LogP contribution in [0.4, 0.5) is 4.39 Å². The Bertz CT molecular complexity index is 822. The standard InChI is InChI=1S/C23H31FN4O2/c1-25-23(27(2)17-18-7-9-21(29-3)10-8-18)26-16-22(28-11-13-30-14-12-28)19-5-4-6-20(24)15-19/h4-10,15,22H,11-14,16-17H2,1-3H3,(H,25,26). The number of ether oxygens (including phenoxy) is 2. The molecule has 7 heteroatoms. The Balaban J connectivity index is 1.67. The van der Waals surface area contributed by atoms with E-state index in [0.29, 0.717) is 26.3 Å². The quantitative estimate of drug-likeness (QED) is 0.558. The molecule has 2 aromatic rings. The van der Waals surface area contributed by atoms with E-state index in [-0.39, 0.29) is 11.9 Å². The SMILES string of the molecule is CN=C(NCC(c1cccc(F)c1)N1CCOCC1)N(C)Cc1ccc(OC)cc1. The number of hydrogen-bond donors (Lipinski definition) is 1. The summed E-state index contributed by atoms with van der Waals surface area (Å²) in [6.07, 6.45) is 0. The lowest BCUT2D eigenvalue weighted by Gasteiger charge is -2.35. The maximum atomic E-state index is 13.9. The normalized spacial score (nSPS) is 16.2. The van der Waals surface area contributed by atoms with E-state index in [1.54, 1.807) is 26.3 Å². The third kappa shape index (κ3) is 5.93. The fourth-order valence-electron chi connectivity index (χ4n) is 3.71. The number of benzene rings is 2. The molecule has 0 aromatic heterocycles. The predicted molar refractivity (Wildman–Crippen MR) is 117 cm³/mol. The van der Waals surface area contributed by atoms with Crippen LogP contribution in [0.3, 0.4) is 0 Å². The van der Waals surface area contributed by atoms with Crippen molar-refractivity contribution in [2.24, 2.45) is 4.99 Å². The van der Waals surface area contributed by atoms with Gasteiger partial charge < -0.3 is 19.7 Å². The molecule has 0 aliphatic carbocycles. The number of rotatable bonds is 7. The molecule has 2 aromatic carbocycles. The third-order valence-corrected chi connectivity index (χ3v) is 5.33. The summed E-state index contributed by atoms with van der Waals surface area (Å²) in [6, 6.07) is 14.9. The van der Waals surface area contributed by atoms with Gasteiger partial charge in [-0.1, -0.05) is 24.3 Å². The van der Waals surface area contributed by atoms with Crippen molar-refractivity contribution in [2.45, 2.75) is 12.6 Å². The average molecular weight is 415 g/mol. The zero-order chi connectivity index (χ0) is 21.3. The predicted octanol–water partition coefficient (Wildman–Crippen LogP) is 2.92. The summed E-state index contributed by atoms with van der Waals surface area (Å²) in [5.41, 5.74) is 2.12. The summed E-state index contributed by atoms with van der Waals surface area (Å²) in [7, 11) is 5.45. The minimum atomic E-state index is -0.216. The highest BCUT2D eigenvalue weighted by atomic mass is 19.1. The fourth-order valence-corrected chi connectivity index (χ4v) is 3.71. The van der Waals surface area contributed by atoms with Crippen molar-refractivity contribution in [3.8, 4) is 5.75 Å². The Morgan fingerprint density at radius 2 is 1.97 bits per heavy atom. The first-order chi connectivity index (χ1) is 14.6. The highest BCUT2D eigenvalue weighted by Gasteiger charge is 2.23. The number of methoxy groups -OCH3 is 1. The molecule has 1 N–H and O–H groups in total. The van der Waals surface area contributed by atoms with Crippen molar-refractivity contribution in [1.82, 2.24) is 15.1 Å². The van der Waals surface area contributed by atoms with Crippen LogP contribution in [0.25, 0.3) is 0 Å². The molecule has 0 amide bonds. The lowest BCUT2D eigenvalue weighted by atomic mass is 10.0. The molecule has 30 heavy (non-hydrogen) atoms. The van der Waals surface area contributed by atoms with Gasteiger partial charge in [-0.3, -0.25) is 9.89 Å². The van der Waals surface area contributed by atoms with Crippen LogP contribution in [-0.2, 0) is 11.3 Å². The fraction of sp³-hybridized carbons (Fsp3) is 0.435. The van der Waals surface area contributed by atoms with Gasteiger partial charge in [0.15, 0.2) is 5.96 Å². The zero-order valence-corrected chi connectivity index (χ0v) is 18.0. The summed E-state index contributed by atoms with van der Waals surface area (Å²) >= 11 is 0. The minimum Gasteiger partial charge on any atom is -0.497 e. The Labute approximate surface area is 178 Å². The number of guanidine groups is 1. The van der Waals surface area contributed by atoms with Crippen molar-refractivity contribution >= 4 is 5.96 Å². The van der Waals surface area contributed by atoms with Crippen molar-refractivity contribution in [3.05, 3.63) is 65.5 Å². The van der Waals surface area contributed by atoms with Crippen LogP contribution in [0, 0.1) is 5.82 Å². The molecule has 162 valence electrons. The van der Waals surface area contributed by atoms with Crippen molar-refractivity contribution in [3.63, 3.8) is 0 Å². The summed E-state index contributed by atoms with van der Waals surface area (Å²) < 4.78 is 24.6. The molecular weight excluding hydrogens is 383 g/mol. The van der Waals surface area contributed by atoms with Crippen molar-refractivity contribution < 1.29 is 13.9 Å². The highest BCUT2D eigenvalue weighted by Crippen LogP contribution is 2.22. The van der Waals surface area contributed by atoms with E-state index in [0.717, 1.165) is 35.9 Å². The Morgan fingerprint density at radius 3 is 2.60 bits per heavy atom. The van der Waals surface area contributed by atoms with E-state index >= 15 is 0 Å². The second-order valence-corrected chi connectivity index (χ2v) is 7.35. The van der Waals surface area contributed by atoms with Gasteiger partial charge in [0.25, 0.3) is 0 Å². The molecule has 1 atom stereocenters. The van der Waals surface area contributed by atoms with Gasteiger partial charge in [-0.15, -0.1) is 0 Å². The molecule has 0 saturated carbocycles. The molecule has 0 radical (unpaired) electrons. The number of morpholine rings is 1. The highest BCUT2D eigenvalue weighted by molar-refractivity contribution is 5.79. The summed E-state index contributed by atoms with van der Waals surface area (Å²) in [5.74, 6) is 1.42. The molecule has 3 rings (SSSR count). The van der Waals surface area contributed by atoms with Crippen LogP contribution in [0.1, 0.15) is 17.2 Å². The zero-order valence-electron chi connectivity index (χ0n) is 18.0. The van der Waals surface area contributed by atoms with E-state index in [1.165, 1.54) is 6.07 Å². The Kier molecular flexibility index (Phi) is 8.04. The van der Waals surface area contributed by atoms with E-state index in [1.807, 2.05) is 37.4 Å². The lowest BCUT2D eigenvalue weighted by Crippen LogP contribution is -2.46. The molecular formula is C23H31FN4O2. The largest absolute Gasteiger partial charge is 0.497 e. The van der Waals surface area contributed by atoms with E-state index in [9.17, 15) is 4.39 Å². The molecule has 0 spiro atoms. The number of nitrogens with one attached hydrogen (secondary N) is 1. The van der Waals surface area contributed by atoms with Crippen molar-refractivity contribution in [1.29, 1.82) is 0 Å². The van der Waals surface area contributed by atoms with Crippen LogP contribution in [0.15, 0.2) is 53.5 Å². The molecule has 1 fully saturated rings. The van der Waals surface area contributed by atoms with Gasteiger partial charge in [0.05, 0.1) is 26.4 Å². The smallest absolute Gasteiger partial charge is 0.193 e. The van der Waals surface area contributed by atoms with Gasteiger partial charge >= 0.3 is 0 Å². The molecule has 0 bridgehead atoms. The first-order valence-corrected chi connectivity index (χ1v) is 10.2. The van der Waals surface area contributed by atoms with Gasteiger partial charge in [0, 0.05) is 40.3 Å². The van der Waals surface area contributed by atoms with Gasteiger partial charge in [-0.2, -0.15) is 0 Å². The van der Waals surface area contributed by atoms with Gasteiger partial charge in [0.2, 0.25) is 0 Å². The topological polar surface area (TPSA) is 49.3 Å². The van der Waals surface area contributed by atoms with Crippen LogP contribution >= 0.6 is 0 Å². The van der Waals surface area contributed by atoms with Crippen LogP contribution < -0.4 is 10.1 Å². The van der Waals surface area contributed by atoms with Crippen LogP contribution in [0.2, 0.25) is 0 Å². The molecule has 1 aliphatic rings. The molecule has 1 unspecified atom stereocenters. The summed E-state index contributed by atoms with van der Waals surface area (Å²) in [4.78, 5) is 8.84. The van der Waals surface area contributed by atoms with Gasteiger partial charge in [0.1, 0.15) is 11.6 Å². The van der Waals surface area contributed by atoms with E-state index < -0.39 is 0 Å². The number of halogens is 1. The second-order valence-electron chi connectivity index (χ2n) is 7.35. The maximum Gasteiger partial charge on any atom is 0.193 e. The number of nitrogens with zero attached hydrogens (tertiary/aromatic N) is 3. The third-order valence-electron chi connectivity index (χ3n) is 5.33. The second kappa shape index (κ2) is 10.9. The monoisotopic (exact) mass is 414 g/mol. The first-order valence-electron chi connectivity index (χ1n) is 10.2. The minimum absolute atomic E-state index is 0.0377. The molecule has 6 nitrogen and oxygen atoms in total. The van der Waals surface area contributed by atoms with Gasteiger partial charge in [-0.25, -0.2) is 4.39 Å². The molecule has 1 saturated heterocycles. The van der Waals surface area contributed by atoms with Crippen LogP contribution in [0.5, 0.6) is 5.75 Å². The van der Waals surface area contributed by atoms with E-state index in [2.05, 4.69) is 20.1 Å².